The van der Waals surface area contributed by atoms with Crippen molar-refractivity contribution in [3.63, 3.8) is 0 Å². The van der Waals surface area contributed by atoms with Gasteiger partial charge in [-0.1, -0.05) is 24.3 Å². The number of aryl methyl sites for hydroxylation is 2. The quantitative estimate of drug-likeness (QED) is 0.759. The molecule has 0 spiro atoms. The third-order valence-corrected chi connectivity index (χ3v) is 5.09. The minimum atomic E-state index is -0.0324. The first-order valence-corrected chi connectivity index (χ1v) is 9.26. The highest BCUT2D eigenvalue weighted by atomic mass is 16.5. The lowest BCUT2D eigenvalue weighted by Crippen LogP contribution is -2.38. The maximum atomic E-state index is 12.6. The van der Waals surface area contributed by atoms with E-state index in [0.29, 0.717) is 12.2 Å². The Balaban J connectivity index is 1.33. The van der Waals surface area contributed by atoms with Gasteiger partial charge < -0.3 is 14.6 Å². The number of fused-ring (bicyclic) bond motifs is 1. The molecule has 2 aromatic carbocycles. The van der Waals surface area contributed by atoms with Crippen LogP contribution in [0.5, 0.6) is 5.75 Å². The molecule has 4 rings (SSSR count). The average molecular weight is 361 g/mol. The van der Waals surface area contributed by atoms with Gasteiger partial charge in [0.1, 0.15) is 18.2 Å². The predicted molar refractivity (Wildman–Crippen MR) is 104 cm³/mol. The fraction of sp³-hybridized carbons (Fsp3) is 0.273. The van der Waals surface area contributed by atoms with Crippen LogP contribution in [-0.4, -0.2) is 21.5 Å². The molecule has 138 valence electrons. The van der Waals surface area contributed by atoms with Gasteiger partial charge in [-0.3, -0.25) is 4.79 Å². The maximum absolute atomic E-state index is 12.6. The first kappa shape index (κ1) is 17.3. The number of amides is 1. The van der Waals surface area contributed by atoms with Crippen molar-refractivity contribution in [2.24, 2.45) is 7.05 Å². The summed E-state index contributed by atoms with van der Waals surface area (Å²) >= 11 is 0. The molecule has 1 heterocycles. The lowest BCUT2D eigenvalue weighted by Gasteiger charge is -2.25. The van der Waals surface area contributed by atoms with Gasteiger partial charge in [0.05, 0.1) is 0 Å². The normalized spacial score (nSPS) is 15.8. The van der Waals surface area contributed by atoms with Crippen LogP contribution in [0.15, 0.2) is 60.9 Å². The topological polar surface area (TPSA) is 56.2 Å². The molecule has 3 aromatic rings. The first-order chi connectivity index (χ1) is 13.2. The summed E-state index contributed by atoms with van der Waals surface area (Å²) in [6, 6.07) is 15.9. The molecule has 27 heavy (non-hydrogen) atoms. The smallest absolute Gasteiger partial charge is 0.251 e. The Hall–Kier alpha value is -3.08. The van der Waals surface area contributed by atoms with E-state index >= 15 is 0 Å². The highest BCUT2D eigenvalue weighted by Crippen LogP contribution is 2.21. The first-order valence-electron chi connectivity index (χ1n) is 9.26. The van der Waals surface area contributed by atoms with Crippen LogP contribution >= 0.6 is 0 Å². The van der Waals surface area contributed by atoms with Gasteiger partial charge in [0.2, 0.25) is 0 Å². The Morgan fingerprint density at radius 2 is 1.96 bits per heavy atom. The third kappa shape index (κ3) is 4.03. The Kier molecular flexibility index (Phi) is 4.92. The zero-order valence-electron chi connectivity index (χ0n) is 15.4. The van der Waals surface area contributed by atoms with Crippen molar-refractivity contribution in [2.75, 3.05) is 0 Å². The Bertz CT molecular complexity index is 931. The van der Waals surface area contributed by atoms with Crippen molar-refractivity contribution in [1.29, 1.82) is 0 Å². The number of nitrogens with one attached hydrogen (secondary N) is 1. The Morgan fingerprint density at radius 3 is 2.70 bits per heavy atom. The van der Waals surface area contributed by atoms with Crippen LogP contribution in [0.3, 0.4) is 0 Å². The van der Waals surface area contributed by atoms with E-state index in [1.165, 1.54) is 11.1 Å². The monoisotopic (exact) mass is 361 g/mol. The highest BCUT2D eigenvalue weighted by Gasteiger charge is 2.20. The fourth-order valence-corrected chi connectivity index (χ4v) is 3.48. The van der Waals surface area contributed by atoms with E-state index in [1.807, 2.05) is 29.9 Å². The molecule has 0 saturated carbocycles. The molecule has 1 amide bonds. The van der Waals surface area contributed by atoms with Crippen LogP contribution < -0.4 is 10.1 Å². The summed E-state index contributed by atoms with van der Waals surface area (Å²) in [5, 5.41) is 3.16. The number of hydrogen-bond donors (Lipinski definition) is 1. The lowest BCUT2D eigenvalue weighted by atomic mass is 9.88. The molecule has 1 aromatic heterocycles. The fourth-order valence-electron chi connectivity index (χ4n) is 3.48. The molecular weight excluding hydrogens is 338 g/mol. The second kappa shape index (κ2) is 7.66. The van der Waals surface area contributed by atoms with Crippen molar-refractivity contribution in [3.05, 3.63) is 83.4 Å². The molecular formula is C22H23N3O2. The number of imidazole rings is 1. The van der Waals surface area contributed by atoms with E-state index in [0.717, 1.165) is 30.8 Å². The van der Waals surface area contributed by atoms with Crippen LogP contribution in [0, 0.1) is 0 Å². The van der Waals surface area contributed by atoms with Gasteiger partial charge in [-0.15, -0.1) is 0 Å². The lowest BCUT2D eigenvalue weighted by molar-refractivity contribution is 0.0933. The van der Waals surface area contributed by atoms with Crippen LogP contribution in [0.1, 0.15) is 33.7 Å². The molecule has 1 aliphatic rings. The number of hydrogen-bond acceptors (Lipinski definition) is 3. The van der Waals surface area contributed by atoms with Crippen molar-refractivity contribution in [2.45, 2.75) is 31.9 Å². The van der Waals surface area contributed by atoms with Gasteiger partial charge in [-0.25, -0.2) is 4.98 Å². The van der Waals surface area contributed by atoms with Gasteiger partial charge in [-0.2, -0.15) is 0 Å². The van der Waals surface area contributed by atoms with Gasteiger partial charge in [0, 0.05) is 31.0 Å². The Morgan fingerprint density at radius 1 is 1.19 bits per heavy atom. The van der Waals surface area contributed by atoms with E-state index in [1.54, 1.807) is 18.3 Å². The standard InChI is InChI=1S/C22H23N3O2/c1-25-13-12-23-21(25)15-27-20-10-7-17(8-11-20)22(26)24-19-9-6-16-4-2-3-5-18(16)14-19/h2-5,7-8,10-13,19H,6,9,14-15H2,1H3,(H,24,26). The molecule has 1 unspecified atom stereocenters. The summed E-state index contributed by atoms with van der Waals surface area (Å²) in [5.41, 5.74) is 3.39. The summed E-state index contributed by atoms with van der Waals surface area (Å²) in [7, 11) is 1.93. The van der Waals surface area contributed by atoms with Crippen LogP contribution in [0.2, 0.25) is 0 Å². The van der Waals surface area contributed by atoms with E-state index in [9.17, 15) is 4.79 Å². The number of aromatic nitrogens is 2. The van der Waals surface area contributed by atoms with Crippen LogP contribution in [0.25, 0.3) is 0 Å². The second-order valence-electron chi connectivity index (χ2n) is 6.95. The zero-order valence-corrected chi connectivity index (χ0v) is 15.4. The van der Waals surface area contributed by atoms with Crippen molar-refractivity contribution < 1.29 is 9.53 Å². The van der Waals surface area contributed by atoms with Crippen LogP contribution in [-0.2, 0) is 26.5 Å². The summed E-state index contributed by atoms with van der Waals surface area (Å²) < 4.78 is 7.66. The van der Waals surface area contributed by atoms with Gasteiger partial charge in [0.15, 0.2) is 0 Å². The minimum Gasteiger partial charge on any atom is -0.486 e. The van der Waals surface area contributed by atoms with Crippen LogP contribution in [0.4, 0.5) is 0 Å². The average Bonchev–Trinajstić information content (AvgIpc) is 3.11. The molecule has 0 saturated heterocycles. The third-order valence-electron chi connectivity index (χ3n) is 5.09. The van der Waals surface area contributed by atoms with E-state index in [2.05, 4.69) is 34.6 Å². The highest BCUT2D eigenvalue weighted by molar-refractivity contribution is 5.94. The van der Waals surface area contributed by atoms with Gasteiger partial charge in [0.25, 0.3) is 5.91 Å². The van der Waals surface area contributed by atoms with Gasteiger partial charge >= 0.3 is 0 Å². The summed E-state index contributed by atoms with van der Waals surface area (Å²) in [6.45, 7) is 0.399. The molecule has 0 fully saturated rings. The Labute approximate surface area is 159 Å². The van der Waals surface area contributed by atoms with Gasteiger partial charge in [-0.05, 0) is 54.7 Å². The number of ether oxygens (including phenoxy) is 1. The van der Waals surface area contributed by atoms with E-state index in [4.69, 9.17) is 4.74 Å². The summed E-state index contributed by atoms with van der Waals surface area (Å²) in [6.07, 6.45) is 6.52. The number of rotatable bonds is 5. The molecule has 0 radical (unpaired) electrons. The summed E-state index contributed by atoms with van der Waals surface area (Å²) in [4.78, 5) is 16.8. The minimum absolute atomic E-state index is 0.0324. The molecule has 1 atom stereocenters. The number of benzene rings is 2. The molecule has 5 nitrogen and oxygen atoms in total. The van der Waals surface area contributed by atoms with Crippen molar-refractivity contribution in [3.8, 4) is 5.75 Å². The molecule has 0 aliphatic heterocycles. The van der Waals surface area contributed by atoms with Crippen molar-refractivity contribution >= 4 is 5.91 Å². The maximum Gasteiger partial charge on any atom is 0.251 e. The molecule has 5 heteroatoms. The molecule has 1 aliphatic carbocycles. The molecule has 0 bridgehead atoms. The second-order valence-corrected chi connectivity index (χ2v) is 6.95. The predicted octanol–water partition coefficient (Wildman–Crippen LogP) is 3.29. The number of carbonyl (C=O) groups is 1. The molecule has 1 N–H and O–H groups in total. The zero-order chi connectivity index (χ0) is 18.6. The number of carbonyl (C=O) groups excluding carboxylic acids is 1. The SMILES string of the molecule is Cn1ccnc1COc1ccc(C(=O)NC2CCc3ccccc3C2)cc1. The van der Waals surface area contributed by atoms with E-state index in [-0.39, 0.29) is 11.9 Å². The van der Waals surface area contributed by atoms with E-state index < -0.39 is 0 Å². The summed E-state index contributed by atoms with van der Waals surface area (Å²) in [5.74, 6) is 1.55. The van der Waals surface area contributed by atoms with Crippen molar-refractivity contribution in [1.82, 2.24) is 14.9 Å². The number of nitrogens with zero attached hydrogens (tertiary/aromatic N) is 2. The largest absolute Gasteiger partial charge is 0.486 e.